The van der Waals surface area contributed by atoms with Crippen LogP contribution in [-0.2, 0) is 0 Å². The molecule has 4 rings (SSSR count). The molecule has 8 heteroatoms. The van der Waals surface area contributed by atoms with E-state index in [1.165, 1.54) is 16.7 Å². The summed E-state index contributed by atoms with van der Waals surface area (Å²) < 4.78 is 7.22. The van der Waals surface area contributed by atoms with E-state index >= 15 is 0 Å². The molecule has 0 unspecified atom stereocenters. The quantitative estimate of drug-likeness (QED) is 0.455. The van der Waals surface area contributed by atoms with Gasteiger partial charge in [-0.05, 0) is 50.2 Å². The van der Waals surface area contributed by atoms with Crippen LogP contribution < -0.4 is 4.74 Å². The van der Waals surface area contributed by atoms with Crippen molar-refractivity contribution >= 4 is 23.6 Å². The van der Waals surface area contributed by atoms with Gasteiger partial charge in [0.2, 0.25) is 0 Å². The number of hydrogen-bond acceptors (Lipinski definition) is 6. The number of amides is 2. The average molecular weight is 408 g/mol. The largest absolute Gasteiger partial charge is 0.497 e. The fourth-order valence-corrected chi connectivity index (χ4v) is 4.27. The van der Waals surface area contributed by atoms with Gasteiger partial charge in [0.05, 0.1) is 24.1 Å². The van der Waals surface area contributed by atoms with Crippen LogP contribution in [0.15, 0.2) is 53.7 Å². The molecule has 1 aromatic heterocycles. The Morgan fingerprint density at radius 3 is 2.14 bits per heavy atom. The molecule has 0 saturated carbocycles. The summed E-state index contributed by atoms with van der Waals surface area (Å²) in [4.78, 5) is 26.4. The lowest BCUT2D eigenvalue weighted by atomic mass is 10.1. The Morgan fingerprint density at radius 1 is 0.966 bits per heavy atom. The lowest BCUT2D eigenvalue weighted by Gasteiger charge is -2.16. The number of hydrogen-bond donors (Lipinski definition) is 0. The second-order valence-electron chi connectivity index (χ2n) is 6.86. The van der Waals surface area contributed by atoms with Gasteiger partial charge in [-0.3, -0.25) is 19.1 Å². The van der Waals surface area contributed by atoms with Crippen molar-refractivity contribution in [2.45, 2.75) is 25.0 Å². The van der Waals surface area contributed by atoms with Crippen molar-refractivity contribution in [3.8, 4) is 17.1 Å². The first kappa shape index (κ1) is 19.2. The summed E-state index contributed by atoms with van der Waals surface area (Å²) >= 11 is 1.32. The van der Waals surface area contributed by atoms with Crippen molar-refractivity contribution in [3.63, 3.8) is 0 Å². The van der Waals surface area contributed by atoms with E-state index in [0.717, 1.165) is 17.1 Å². The van der Waals surface area contributed by atoms with Crippen molar-refractivity contribution < 1.29 is 14.3 Å². The summed E-state index contributed by atoms with van der Waals surface area (Å²) in [7, 11) is 1.62. The second-order valence-corrected chi connectivity index (χ2v) is 7.77. The highest BCUT2D eigenvalue weighted by Gasteiger charge is 2.35. The molecule has 2 amide bonds. The monoisotopic (exact) mass is 408 g/mol. The molecular formula is C21H20N4O3S. The molecule has 2 aromatic carbocycles. The van der Waals surface area contributed by atoms with E-state index in [1.54, 1.807) is 31.4 Å². The third-order valence-electron chi connectivity index (χ3n) is 4.73. The van der Waals surface area contributed by atoms with Crippen LogP contribution in [0.1, 0.15) is 40.6 Å². The van der Waals surface area contributed by atoms with Gasteiger partial charge < -0.3 is 4.74 Å². The number of nitrogens with zero attached hydrogens (tertiary/aromatic N) is 4. The number of thioether (sulfide) groups is 1. The summed E-state index contributed by atoms with van der Waals surface area (Å²) in [6.45, 7) is 4.09. The number of benzene rings is 2. The van der Waals surface area contributed by atoms with Crippen LogP contribution in [0.2, 0.25) is 0 Å². The maximum Gasteiger partial charge on any atom is 0.262 e. The number of methoxy groups -OCH3 is 1. The average Bonchev–Trinajstić information content (AvgIpc) is 3.27. The van der Waals surface area contributed by atoms with Gasteiger partial charge in [-0.25, -0.2) is 0 Å². The molecule has 1 aliphatic rings. The van der Waals surface area contributed by atoms with Gasteiger partial charge in [0.25, 0.3) is 11.8 Å². The van der Waals surface area contributed by atoms with E-state index in [9.17, 15) is 9.59 Å². The zero-order valence-corrected chi connectivity index (χ0v) is 17.1. The third kappa shape index (κ3) is 3.40. The number of fused-ring (bicyclic) bond motifs is 1. The fourth-order valence-electron chi connectivity index (χ4n) is 3.26. The summed E-state index contributed by atoms with van der Waals surface area (Å²) in [5.41, 5.74) is 1.81. The lowest BCUT2D eigenvalue weighted by Crippen LogP contribution is -2.29. The van der Waals surface area contributed by atoms with E-state index in [4.69, 9.17) is 4.74 Å². The molecule has 0 fully saturated rings. The van der Waals surface area contributed by atoms with E-state index in [-0.39, 0.29) is 23.7 Å². The molecule has 7 nitrogen and oxygen atoms in total. The Bertz CT molecular complexity index is 1040. The maximum absolute atomic E-state index is 12.6. The van der Waals surface area contributed by atoms with Gasteiger partial charge in [-0.1, -0.05) is 23.9 Å². The lowest BCUT2D eigenvalue weighted by molar-refractivity contribution is 0.0684. The number of imide groups is 1. The van der Waals surface area contributed by atoms with Gasteiger partial charge in [0.1, 0.15) is 5.75 Å². The van der Waals surface area contributed by atoms with Crippen LogP contribution in [0.5, 0.6) is 5.75 Å². The van der Waals surface area contributed by atoms with Crippen LogP contribution >= 0.6 is 11.8 Å². The number of rotatable bonds is 6. The van der Waals surface area contributed by atoms with Gasteiger partial charge in [0, 0.05) is 11.6 Å². The number of ether oxygens (including phenoxy) is 1. The maximum atomic E-state index is 12.6. The molecule has 0 aliphatic carbocycles. The summed E-state index contributed by atoms with van der Waals surface area (Å²) in [5, 5.41) is 9.32. The predicted octanol–water partition coefficient (Wildman–Crippen LogP) is 3.88. The molecule has 0 bridgehead atoms. The van der Waals surface area contributed by atoms with Crippen molar-refractivity contribution in [1.82, 2.24) is 19.7 Å². The minimum Gasteiger partial charge on any atom is -0.497 e. The SMILES string of the molecule is COc1ccc(-c2nnc(SCN3C(=O)c4ccccc4C3=O)n2C(C)C)cc1. The van der Waals surface area contributed by atoms with Crippen molar-refractivity contribution in [2.75, 3.05) is 13.0 Å². The van der Waals surface area contributed by atoms with E-state index in [1.807, 2.05) is 42.7 Å². The highest BCUT2D eigenvalue weighted by Crippen LogP contribution is 2.31. The minimum atomic E-state index is -0.274. The highest BCUT2D eigenvalue weighted by molar-refractivity contribution is 7.99. The Kier molecular flexibility index (Phi) is 5.10. The first-order chi connectivity index (χ1) is 14.0. The molecule has 1 aliphatic heterocycles. The van der Waals surface area contributed by atoms with Crippen molar-refractivity contribution in [1.29, 1.82) is 0 Å². The summed E-state index contributed by atoms with van der Waals surface area (Å²) in [6, 6.07) is 14.6. The number of aromatic nitrogens is 3. The third-order valence-corrected chi connectivity index (χ3v) is 5.65. The predicted molar refractivity (Wildman–Crippen MR) is 110 cm³/mol. The van der Waals surface area contributed by atoms with Crippen molar-refractivity contribution in [2.24, 2.45) is 0 Å². The molecule has 0 saturated heterocycles. The van der Waals surface area contributed by atoms with Crippen LogP contribution in [0, 0.1) is 0 Å². The Labute approximate surface area is 172 Å². The molecule has 0 atom stereocenters. The molecule has 2 heterocycles. The Balaban J connectivity index is 1.58. The smallest absolute Gasteiger partial charge is 0.262 e. The summed E-state index contributed by atoms with van der Waals surface area (Å²) in [5.74, 6) is 1.13. The first-order valence-electron chi connectivity index (χ1n) is 9.18. The normalized spacial score (nSPS) is 13.3. The molecule has 3 aromatic rings. The number of carbonyl (C=O) groups is 2. The molecule has 148 valence electrons. The Hall–Kier alpha value is -3.13. The second kappa shape index (κ2) is 7.71. The zero-order chi connectivity index (χ0) is 20.5. The van der Waals surface area contributed by atoms with Gasteiger partial charge in [-0.15, -0.1) is 10.2 Å². The van der Waals surface area contributed by atoms with Crippen molar-refractivity contribution in [3.05, 3.63) is 59.7 Å². The van der Waals surface area contributed by atoms with E-state index < -0.39 is 0 Å². The van der Waals surface area contributed by atoms with Gasteiger partial charge in [-0.2, -0.15) is 0 Å². The van der Waals surface area contributed by atoms with E-state index in [2.05, 4.69) is 10.2 Å². The van der Waals surface area contributed by atoms with Gasteiger partial charge >= 0.3 is 0 Å². The zero-order valence-electron chi connectivity index (χ0n) is 16.3. The molecule has 0 spiro atoms. The highest BCUT2D eigenvalue weighted by atomic mass is 32.2. The molecule has 29 heavy (non-hydrogen) atoms. The fraction of sp³-hybridized carbons (Fsp3) is 0.238. The summed E-state index contributed by atoms with van der Waals surface area (Å²) in [6.07, 6.45) is 0. The molecule has 0 N–H and O–H groups in total. The van der Waals surface area contributed by atoms with Crippen LogP contribution in [-0.4, -0.2) is 44.5 Å². The molecular weight excluding hydrogens is 388 g/mol. The minimum absolute atomic E-state index is 0.104. The van der Waals surface area contributed by atoms with Crippen LogP contribution in [0.4, 0.5) is 0 Å². The number of carbonyl (C=O) groups excluding carboxylic acids is 2. The van der Waals surface area contributed by atoms with Gasteiger partial charge in [0.15, 0.2) is 11.0 Å². The standard InChI is InChI=1S/C21H20N4O3S/c1-13(2)25-18(14-8-10-15(28-3)11-9-14)22-23-21(25)29-12-24-19(26)16-6-4-5-7-17(16)20(24)27/h4-11,13H,12H2,1-3H3. The molecule has 0 radical (unpaired) electrons. The first-order valence-corrected chi connectivity index (χ1v) is 10.2. The van der Waals surface area contributed by atoms with E-state index in [0.29, 0.717) is 16.3 Å². The van der Waals surface area contributed by atoms with Crippen LogP contribution in [0.3, 0.4) is 0 Å². The topological polar surface area (TPSA) is 77.3 Å². The Morgan fingerprint density at radius 2 is 1.59 bits per heavy atom. The van der Waals surface area contributed by atoms with Crippen LogP contribution in [0.25, 0.3) is 11.4 Å².